The fourth-order valence-corrected chi connectivity index (χ4v) is 1.00. The van der Waals surface area contributed by atoms with Crippen LogP contribution < -0.4 is 0 Å². The van der Waals surface area contributed by atoms with Gasteiger partial charge in [-0.2, -0.15) is 0 Å². The number of hydrogen-bond donors (Lipinski definition) is 1. The number of nitrogens with one attached hydrogen (secondary N) is 1. The lowest BCUT2D eigenvalue weighted by Crippen LogP contribution is -1.73. The van der Waals surface area contributed by atoms with Crippen LogP contribution in [0.1, 0.15) is 0 Å². The highest BCUT2D eigenvalue weighted by atomic mass is 35.5. The van der Waals surface area contributed by atoms with E-state index in [1.54, 1.807) is 12.1 Å². The van der Waals surface area contributed by atoms with Gasteiger partial charge in [-0.05, 0) is 18.2 Å². The molecule has 0 aliphatic rings. The van der Waals surface area contributed by atoms with Crippen LogP contribution in [0.5, 0.6) is 0 Å². The van der Waals surface area contributed by atoms with E-state index in [0.29, 0.717) is 5.15 Å². The van der Waals surface area contributed by atoms with Gasteiger partial charge in [-0.15, -0.1) is 0 Å². The van der Waals surface area contributed by atoms with Crippen LogP contribution in [-0.2, 0) is 0 Å². The van der Waals surface area contributed by atoms with Gasteiger partial charge in [0, 0.05) is 0 Å². The third kappa shape index (κ3) is 0.772. The zero-order valence-electron chi connectivity index (χ0n) is 5.06. The molecule has 0 spiro atoms. The molecule has 0 aliphatic heterocycles. The molecule has 49 valence electrons. The molecule has 10 heavy (non-hydrogen) atoms. The molecule has 0 amide bonds. The van der Waals surface area contributed by atoms with Crippen molar-refractivity contribution >= 4 is 22.6 Å². The Balaban J connectivity index is 2.86. The zero-order valence-corrected chi connectivity index (χ0v) is 5.81. The summed E-state index contributed by atoms with van der Waals surface area (Å²) in [6, 6.07) is 5.39. The number of fused-ring (bicyclic) bond motifs is 1. The molecule has 2 heterocycles. The van der Waals surface area contributed by atoms with Crippen molar-refractivity contribution in [3.8, 4) is 0 Å². The zero-order chi connectivity index (χ0) is 6.97. The van der Waals surface area contributed by atoms with Crippen molar-refractivity contribution in [1.82, 2.24) is 9.97 Å². The first-order valence-corrected chi connectivity index (χ1v) is 3.25. The molecule has 1 N–H and O–H groups in total. The van der Waals surface area contributed by atoms with E-state index in [0.717, 1.165) is 11.0 Å². The summed E-state index contributed by atoms with van der Waals surface area (Å²) < 4.78 is 0. The Kier molecular flexibility index (Phi) is 1.14. The molecule has 0 aliphatic carbocycles. The van der Waals surface area contributed by atoms with E-state index >= 15 is 0 Å². The maximum absolute atomic E-state index is 5.64. The summed E-state index contributed by atoms with van der Waals surface area (Å²) in [5, 5.41) is 0.514. The smallest absolute Gasteiger partial charge is 0.129 e. The molecular formula is C7H4ClN2. The van der Waals surface area contributed by atoms with Crippen LogP contribution in [0.25, 0.3) is 11.0 Å². The van der Waals surface area contributed by atoms with Gasteiger partial charge in [0.2, 0.25) is 0 Å². The van der Waals surface area contributed by atoms with E-state index in [1.165, 1.54) is 0 Å². The first-order chi connectivity index (χ1) is 4.86. The van der Waals surface area contributed by atoms with E-state index in [9.17, 15) is 0 Å². The van der Waals surface area contributed by atoms with E-state index in [4.69, 9.17) is 11.6 Å². The van der Waals surface area contributed by atoms with Crippen LogP contribution in [0.2, 0.25) is 5.15 Å². The summed E-state index contributed by atoms with van der Waals surface area (Å²) in [6.45, 7) is 0. The molecule has 3 heteroatoms. The molecule has 0 fully saturated rings. The molecule has 2 aromatic rings. The Morgan fingerprint density at radius 2 is 2.40 bits per heavy atom. The number of pyridine rings is 1. The minimum atomic E-state index is 0.514. The van der Waals surface area contributed by atoms with Crippen LogP contribution in [0.4, 0.5) is 0 Å². The van der Waals surface area contributed by atoms with Gasteiger partial charge in [-0.1, -0.05) is 11.6 Å². The normalized spacial score (nSPS) is 10.5. The molecule has 1 radical (unpaired) electrons. The molecule has 0 aromatic carbocycles. The summed E-state index contributed by atoms with van der Waals surface area (Å²) >= 11 is 5.64. The fourth-order valence-electron chi connectivity index (χ4n) is 0.848. The highest BCUT2D eigenvalue weighted by molar-refractivity contribution is 6.29. The van der Waals surface area contributed by atoms with Crippen molar-refractivity contribution in [2.75, 3.05) is 0 Å². The fraction of sp³-hybridized carbons (Fsp3) is 0. The van der Waals surface area contributed by atoms with Gasteiger partial charge >= 0.3 is 0 Å². The molecule has 0 atom stereocenters. The number of hydrogen-bond acceptors (Lipinski definition) is 1. The van der Waals surface area contributed by atoms with Gasteiger partial charge in [0.25, 0.3) is 0 Å². The monoisotopic (exact) mass is 151 g/mol. The lowest BCUT2D eigenvalue weighted by Gasteiger charge is -1.87. The molecule has 0 saturated carbocycles. The van der Waals surface area contributed by atoms with Crippen molar-refractivity contribution < 1.29 is 0 Å². The minimum Gasteiger partial charge on any atom is -0.352 e. The first-order valence-electron chi connectivity index (χ1n) is 2.87. The Morgan fingerprint density at radius 1 is 1.50 bits per heavy atom. The standard InChI is InChI=1S/C7H4ClN2/c8-7-2-1-5-6(10-7)3-4-9-5/h1-3,9H. The third-order valence-corrected chi connectivity index (χ3v) is 1.52. The van der Waals surface area contributed by atoms with Crippen molar-refractivity contribution in [3.05, 3.63) is 29.5 Å². The second-order valence-electron chi connectivity index (χ2n) is 1.98. The maximum Gasteiger partial charge on any atom is 0.129 e. The van der Waals surface area contributed by atoms with E-state index in [2.05, 4.69) is 16.2 Å². The van der Waals surface area contributed by atoms with Gasteiger partial charge in [-0.3, -0.25) is 0 Å². The Bertz CT molecular complexity index is 353. The van der Waals surface area contributed by atoms with Crippen molar-refractivity contribution in [1.29, 1.82) is 0 Å². The summed E-state index contributed by atoms with van der Waals surface area (Å²) in [5.41, 5.74) is 1.82. The second kappa shape index (κ2) is 1.99. The Labute approximate surface area is 62.8 Å². The molecule has 0 bridgehead atoms. The average Bonchev–Trinajstić information content (AvgIpc) is 2.33. The Morgan fingerprint density at radius 3 is 3.30 bits per heavy atom. The molecule has 0 unspecified atom stereocenters. The van der Waals surface area contributed by atoms with Crippen molar-refractivity contribution in [2.45, 2.75) is 0 Å². The number of nitrogens with zero attached hydrogens (tertiary/aromatic N) is 1. The summed E-state index contributed by atoms with van der Waals surface area (Å²) in [4.78, 5) is 6.94. The lowest BCUT2D eigenvalue weighted by molar-refractivity contribution is 1.40. The summed E-state index contributed by atoms with van der Waals surface area (Å²) in [5.74, 6) is 0. The SMILES string of the molecule is Clc1ccc2[nH][c]cc2n1. The number of rotatable bonds is 0. The average molecular weight is 152 g/mol. The quantitative estimate of drug-likeness (QED) is 0.574. The highest BCUT2D eigenvalue weighted by Crippen LogP contribution is 2.12. The van der Waals surface area contributed by atoms with Crippen LogP contribution in [0, 0.1) is 6.20 Å². The van der Waals surface area contributed by atoms with Crippen LogP contribution in [-0.4, -0.2) is 9.97 Å². The largest absolute Gasteiger partial charge is 0.352 e. The molecule has 2 aromatic heterocycles. The molecule has 0 saturated heterocycles. The van der Waals surface area contributed by atoms with Gasteiger partial charge in [0.1, 0.15) is 5.15 Å². The van der Waals surface area contributed by atoms with E-state index in [-0.39, 0.29) is 0 Å². The van der Waals surface area contributed by atoms with E-state index < -0.39 is 0 Å². The number of aromatic nitrogens is 2. The maximum atomic E-state index is 5.64. The van der Waals surface area contributed by atoms with Gasteiger partial charge in [-0.25, -0.2) is 4.98 Å². The topological polar surface area (TPSA) is 28.7 Å². The predicted molar refractivity (Wildman–Crippen MR) is 39.9 cm³/mol. The lowest BCUT2D eigenvalue weighted by atomic mass is 10.4. The van der Waals surface area contributed by atoms with Crippen LogP contribution in [0.15, 0.2) is 18.2 Å². The third-order valence-electron chi connectivity index (χ3n) is 1.31. The van der Waals surface area contributed by atoms with Gasteiger partial charge < -0.3 is 4.98 Å². The number of H-pyrrole nitrogens is 1. The molecule has 2 rings (SSSR count). The second-order valence-corrected chi connectivity index (χ2v) is 2.37. The van der Waals surface area contributed by atoms with E-state index in [1.807, 2.05) is 6.07 Å². The van der Waals surface area contributed by atoms with Crippen molar-refractivity contribution in [2.24, 2.45) is 0 Å². The molecule has 2 nitrogen and oxygen atoms in total. The summed E-state index contributed by atoms with van der Waals surface area (Å²) in [6.07, 6.45) is 2.82. The van der Waals surface area contributed by atoms with Crippen LogP contribution in [0.3, 0.4) is 0 Å². The first kappa shape index (κ1) is 5.74. The molecular weight excluding hydrogens is 148 g/mol. The Hall–Kier alpha value is -1.02. The van der Waals surface area contributed by atoms with Crippen LogP contribution >= 0.6 is 11.6 Å². The van der Waals surface area contributed by atoms with Gasteiger partial charge in [0.15, 0.2) is 0 Å². The highest BCUT2D eigenvalue weighted by Gasteiger charge is 1.94. The predicted octanol–water partition coefficient (Wildman–Crippen LogP) is 2.02. The van der Waals surface area contributed by atoms with Crippen molar-refractivity contribution in [3.63, 3.8) is 0 Å². The van der Waals surface area contributed by atoms with Gasteiger partial charge in [0.05, 0.1) is 17.2 Å². The number of aromatic amines is 1. The number of halogens is 1. The summed E-state index contributed by atoms with van der Waals surface area (Å²) in [7, 11) is 0. The minimum absolute atomic E-state index is 0.514.